The molecule has 0 atom stereocenters. The molecule has 2 aromatic carbocycles. The largest absolute Gasteiger partial charge is 0.154 e. The lowest BCUT2D eigenvalue weighted by Gasteiger charge is -1.99. The second-order valence-corrected chi connectivity index (χ2v) is 5.43. The Bertz CT molecular complexity index is 418. The highest BCUT2D eigenvalue weighted by atomic mass is 32.2. The highest BCUT2D eigenvalue weighted by molar-refractivity contribution is 7.95. The molecule has 1 heteroatoms. The van der Waals surface area contributed by atoms with Crippen molar-refractivity contribution in [3.8, 4) is 0 Å². The van der Waals surface area contributed by atoms with Crippen LogP contribution in [0.4, 0.5) is 0 Å². The molecule has 0 amide bonds. The van der Waals surface area contributed by atoms with Crippen LogP contribution in [0.5, 0.6) is 0 Å². The fourth-order valence-electron chi connectivity index (χ4n) is 1.42. The van der Waals surface area contributed by atoms with Gasteiger partial charge in [0, 0.05) is 17.0 Å². The molecule has 0 nitrogen and oxygen atoms in total. The molecule has 0 saturated heterocycles. The molecule has 0 radical (unpaired) electrons. The quantitative estimate of drug-likeness (QED) is 0.605. The van der Waals surface area contributed by atoms with E-state index < -0.39 is 0 Å². The maximum absolute atomic E-state index is 2.29. The predicted octanol–water partition coefficient (Wildman–Crippen LogP) is 3.08. The highest BCUT2D eigenvalue weighted by Gasteiger charge is 2.07. The molecule has 0 spiro atoms. The van der Waals surface area contributed by atoms with Crippen molar-refractivity contribution < 1.29 is 0 Å². The Morgan fingerprint density at radius 2 is 1.54 bits per heavy atom. The zero-order valence-electron chi connectivity index (χ0n) is 7.95. The van der Waals surface area contributed by atoms with E-state index in [0.29, 0.717) is 10.9 Å². The van der Waals surface area contributed by atoms with Gasteiger partial charge in [-0.25, -0.2) is 0 Å². The Kier molecular flexibility index (Phi) is 2.28. The predicted molar refractivity (Wildman–Crippen MR) is 61.4 cm³/mol. The van der Waals surface area contributed by atoms with Gasteiger partial charge in [0.05, 0.1) is 0 Å². The number of fused-ring (bicyclic) bond motifs is 1. The number of benzene rings is 2. The topological polar surface area (TPSA) is 0 Å². The average Bonchev–Trinajstić information content (AvgIpc) is 2.17. The molecular weight excluding hydrogens is 176 g/mol. The first-order chi connectivity index (χ1) is 6.27. The molecule has 0 saturated carbocycles. The van der Waals surface area contributed by atoms with E-state index in [1.54, 1.807) is 0 Å². The van der Waals surface area contributed by atoms with Crippen LogP contribution in [-0.2, 0) is 10.9 Å². The zero-order chi connectivity index (χ0) is 9.26. The van der Waals surface area contributed by atoms with E-state index in [2.05, 4.69) is 55.0 Å². The first-order valence-corrected chi connectivity index (χ1v) is 6.38. The van der Waals surface area contributed by atoms with E-state index in [4.69, 9.17) is 0 Å². The van der Waals surface area contributed by atoms with Crippen LogP contribution >= 0.6 is 0 Å². The van der Waals surface area contributed by atoms with E-state index >= 15 is 0 Å². The summed E-state index contributed by atoms with van der Waals surface area (Å²) in [7, 11) is 0.365. The molecule has 2 aromatic rings. The standard InChI is InChI=1S/C12H13S/c1-13(2)12-8-7-10-5-3-4-6-11(10)9-12/h3-9H,1-2H3/q+1. The summed E-state index contributed by atoms with van der Waals surface area (Å²) in [5, 5.41) is 2.68. The van der Waals surface area contributed by atoms with Gasteiger partial charge < -0.3 is 0 Å². The van der Waals surface area contributed by atoms with Crippen molar-refractivity contribution in [3.05, 3.63) is 42.5 Å². The maximum Gasteiger partial charge on any atom is 0.154 e. The second kappa shape index (κ2) is 3.43. The van der Waals surface area contributed by atoms with E-state index in [1.165, 1.54) is 15.7 Å². The Balaban J connectivity index is 2.62. The number of rotatable bonds is 1. The molecule has 2 rings (SSSR count). The number of hydrogen-bond acceptors (Lipinski definition) is 0. The van der Waals surface area contributed by atoms with Gasteiger partial charge in [0.25, 0.3) is 0 Å². The van der Waals surface area contributed by atoms with Gasteiger partial charge in [-0.3, -0.25) is 0 Å². The third-order valence-electron chi connectivity index (χ3n) is 2.19. The summed E-state index contributed by atoms with van der Waals surface area (Å²) in [6.45, 7) is 0. The highest BCUT2D eigenvalue weighted by Crippen LogP contribution is 2.18. The van der Waals surface area contributed by atoms with Crippen LogP contribution in [-0.4, -0.2) is 12.5 Å². The lowest BCUT2D eigenvalue weighted by molar-refractivity contribution is 1.49. The monoisotopic (exact) mass is 189 g/mol. The summed E-state index contributed by atoms with van der Waals surface area (Å²) in [4.78, 5) is 1.44. The van der Waals surface area contributed by atoms with Gasteiger partial charge in [-0.05, 0) is 22.9 Å². The average molecular weight is 189 g/mol. The normalized spacial score (nSPS) is 11.0. The summed E-state index contributed by atoms with van der Waals surface area (Å²) in [5.41, 5.74) is 0. The fourth-order valence-corrected chi connectivity index (χ4v) is 2.12. The molecular formula is C12H13S+. The van der Waals surface area contributed by atoms with Gasteiger partial charge in [-0.2, -0.15) is 0 Å². The van der Waals surface area contributed by atoms with E-state index in [1.807, 2.05) is 0 Å². The van der Waals surface area contributed by atoms with E-state index in [-0.39, 0.29) is 0 Å². The maximum atomic E-state index is 2.29. The van der Waals surface area contributed by atoms with Crippen molar-refractivity contribution in [3.63, 3.8) is 0 Å². The third kappa shape index (κ3) is 1.70. The molecule has 0 unspecified atom stereocenters. The molecule has 0 aliphatic rings. The zero-order valence-corrected chi connectivity index (χ0v) is 8.77. The summed E-state index contributed by atoms with van der Waals surface area (Å²) in [6.07, 6.45) is 4.51. The molecule has 13 heavy (non-hydrogen) atoms. The minimum atomic E-state index is 0.365. The summed E-state index contributed by atoms with van der Waals surface area (Å²) in [6, 6.07) is 15.2. The van der Waals surface area contributed by atoms with Gasteiger partial charge >= 0.3 is 0 Å². The van der Waals surface area contributed by atoms with Crippen molar-refractivity contribution in [2.75, 3.05) is 12.5 Å². The van der Waals surface area contributed by atoms with Crippen molar-refractivity contribution in [2.45, 2.75) is 4.90 Å². The van der Waals surface area contributed by atoms with Crippen LogP contribution < -0.4 is 0 Å². The van der Waals surface area contributed by atoms with Crippen molar-refractivity contribution >= 4 is 21.7 Å². The molecule has 0 bridgehead atoms. The molecule has 0 fully saturated rings. The summed E-state index contributed by atoms with van der Waals surface area (Å²) < 4.78 is 0. The van der Waals surface area contributed by atoms with Crippen LogP contribution in [0.25, 0.3) is 10.8 Å². The Morgan fingerprint density at radius 1 is 0.846 bits per heavy atom. The van der Waals surface area contributed by atoms with Gasteiger partial charge in [0.2, 0.25) is 0 Å². The van der Waals surface area contributed by atoms with Crippen LogP contribution in [0.1, 0.15) is 0 Å². The minimum absolute atomic E-state index is 0.365. The van der Waals surface area contributed by atoms with Crippen molar-refractivity contribution in [1.82, 2.24) is 0 Å². The molecule has 0 heterocycles. The van der Waals surface area contributed by atoms with Crippen molar-refractivity contribution in [2.24, 2.45) is 0 Å². The minimum Gasteiger partial charge on any atom is -0.0616 e. The first-order valence-electron chi connectivity index (χ1n) is 4.34. The molecule has 0 aliphatic heterocycles. The van der Waals surface area contributed by atoms with Crippen molar-refractivity contribution in [1.29, 1.82) is 0 Å². The Hall–Kier alpha value is -0.950. The summed E-state index contributed by atoms with van der Waals surface area (Å²) in [5.74, 6) is 0. The lowest BCUT2D eigenvalue weighted by Crippen LogP contribution is -1.94. The lowest BCUT2D eigenvalue weighted by atomic mass is 10.1. The molecule has 0 aromatic heterocycles. The van der Waals surface area contributed by atoms with Gasteiger partial charge in [-0.15, -0.1) is 0 Å². The Morgan fingerprint density at radius 3 is 2.23 bits per heavy atom. The van der Waals surface area contributed by atoms with Gasteiger partial charge in [0.1, 0.15) is 12.5 Å². The first kappa shape index (κ1) is 8.64. The van der Waals surface area contributed by atoms with Crippen LogP contribution in [0.2, 0.25) is 0 Å². The molecule has 66 valence electrons. The number of hydrogen-bond donors (Lipinski definition) is 0. The smallest absolute Gasteiger partial charge is 0.0616 e. The fraction of sp³-hybridized carbons (Fsp3) is 0.167. The molecule has 0 aliphatic carbocycles. The van der Waals surface area contributed by atoms with Crippen LogP contribution in [0.3, 0.4) is 0 Å². The van der Waals surface area contributed by atoms with Gasteiger partial charge in [0.15, 0.2) is 4.90 Å². The second-order valence-electron chi connectivity index (χ2n) is 3.33. The Labute approximate surface area is 81.9 Å². The van der Waals surface area contributed by atoms with Crippen LogP contribution in [0, 0.1) is 0 Å². The molecule has 0 N–H and O–H groups in total. The SMILES string of the molecule is C[S+](C)c1ccc2ccccc2c1. The summed E-state index contributed by atoms with van der Waals surface area (Å²) >= 11 is 0. The van der Waals surface area contributed by atoms with E-state index in [0.717, 1.165) is 0 Å². The van der Waals surface area contributed by atoms with E-state index in [9.17, 15) is 0 Å². The third-order valence-corrected chi connectivity index (χ3v) is 3.39. The van der Waals surface area contributed by atoms with Crippen LogP contribution in [0.15, 0.2) is 47.4 Å². The van der Waals surface area contributed by atoms with Gasteiger partial charge in [-0.1, -0.05) is 24.3 Å².